The van der Waals surface area contributed by atoms with Crippen LogP contribution < -0.4 is 19.2 Å². The van der Waals surface area contributed by atoms with Gasteiger partial charge in [0.25, 0.3) is 0 Å². The highest BCUT2D eigenvalue weighted by molar-refractivity contribution is 7.92. The molecular weight excluding hydrogens is 402 g/mol. The Balaban J connectivity index is 1.83. The number of thiazole rings is 1. The van der Waals surface area contributed by atoms with E-state index in [1.165, 1.54) is 11.7 Å². The number of sulfonamides is 1. The third-order valence-electron chi connectivity index (χ3n) is 4.10. The van der Waals surface area contributed by atoms with E-state index in [0.29, 0.717) is 17.1 Å². The first kappa shape index (κ1) is 19.9. The quantitative estimate of drug-likeness (QED) is 0.657. The van der Waals surface area contributed by atoms with Crippen LogP contribution in [-0.4, -0.2) is 38.8 Å². The Morgan fingerprint density at radius 3 is 2.68 bits per heavy atom. The monoisotopic (exact) mass is 421 g/mol. The van der Waals surface area contributed by atoms with Crippen LogP contribution in [0.4, 0.5) is 11.4 Å². The summed E-state index contributed by atoms with van der Waals surface area (Å²) in [5.74, 6) is -0.0214. The minimum absolute atomic E-state index is 0.0975. The fourth-order valence-corrected chi connectivity index (χ4v) is 4.48. The summed E-state index contributed by atoms with van der Waals surface area (Å²) >= 11 is 1.08. The zero-order valence-corrected chi connectivity index (χ0v) is 17.1. The predicted octanol–water partition coefficient (Wildman–Crippen LogP) is 2.01. The van der Waals surface area contributed by atoms with Gasteiger partial charge in [-0.3, -0.25) is 13.9 Å². The second-order valence-corrected chi connectivity index (χ2v) is 9.03. The van der Waals surface area contributed by atoms with Crippen LogP contribution in [0, 0.1) is 0 Å². The number of amides is 1. The van der Waals surface area contributed by atoms with E-state index in [-0.39, 0.29) is 4.87 Å². The first-order valence-corrected chi connectivity index (χ1v) is 10.9. The first-order valence-electron chi connectivity index (χ1n) is 8.20. The summed E-state index contributed by atoms with van der Waals surface area (Å²) < 4.78 is 32.8. The highest BCUT2D eigenvalue weighted by atomic mass is 32.2. The Labute approximate surface area is 166 Å². The van der Waals surface area contributed by atoms with Crippen molar-refractivity contribution in [3.63, 3.8) is 0 Å². The lowest BCUT2D eigenvalue weighted by Crippen LogP contribution is -2.37. The van der Waals surface area contributed by atoms with Gasteiger partial charge in [0.1, 0.15) is 12.3 Å². The van der Waals surface area contributed by atoms with E-state index in [0.717, 1.165) is 32.1 Å². The number of fused-ring (bicyclic) bond motifs is 1. The molecule has 1 heterocycles. The number of aromatic nitrogens is 1. The number of nitrogens with one attached hydrogen (secondary N) is 1. The van der Waals surface area contributed by atoms with Crippen molar-refractivity contribution < 1.29 is 17.9 Å². The number of hydrogen-bond acceptors (Lipinski definition) is 6. The van der Waals surface area contributed by atoms with Crippen molar-refractivity contribution in [1.29, 1.82) is 0 Å². The summed E-state index contributed by atoms with van der Waals surface area (Å²) in [6, 6.07) is 11.6. The van der Waals surface area contributed by atoms with Crippen molar-refractivity contribution in [2.24, 2.45) is 7.05 Å². The van der Waals surface area contributed by atoms with E-state index < -0.39 is 22.5 Å². The van der Waals surface area contributed by atoms with Crippen molar-refractivity contribution in [3.8, 4) is 5.75 Å². The number of methoxy groups -OCH3 is 1. The van der Waals surface area contributed by atoms with Crippen LogP contribution in [0.3, 0.4) is 0 Å². The zero-order chi connectivity index (χ0) is 20.5. The van der Waals surface area contributed by atoms with Crippen LogP contribution in [0.25, 0.3) is 10.2 Å². The molecule has 10 heteroatoms. The minimum Gasteiger partial charge on any atom is -0.497 e. The van der Waals surface area contributed by atoms with Crippen molar-refractivity contribution in [2.45, 2.75) is 0 Å². The van der Waals surface area contributed by atoms with E-state index in [1.54, 1.807) is 49.5 Å². The molecule has 0 bridgehead atoms. The van der Waals surface area contributed by atoms with Crippen LogP contribution >= 0.6 is 11.3 Å². The number of carbonyl (C=O) groups is 1. The number of benzene rings is 2. The molecule has 1 aromatic heterocycles. The molecule has 0 saturated carbocycles. The molecule has 0 saturated heterocycles. The Kier molecular flexibility index (Phi) is 5.43. The summed E-state index contributed by atoms with van der Waals surface area (Å²) in [7, 11) is -0.538. The number of ether oxygens (including phenoxy) is 1. The Hall–Kier alpha value is -2.85. The number of nitrogens with zero attached hydrogens (tertiary/aromatic N) is 2. The molecule has 0 aliphatic rings. The fraction of sp³-hybridized carbons (Fsp3) is 0.222. The van der Waals surface area contributed by atoms with Gasteiger partial charge >= 0.3 is 4.87 Å². The molecule has 148 valence electrons. The van der Waals surface area contributed by atoms with Gasteiger partial charge in [-0.2, -0.15) is 0 Å². The van der Waals surface area contributed by atoms with Gasteiger partial charge < -0.3 is 14.6 Å². The summed E-state index contributed by atoms with van der Waals surface area (Å²) in [5, 5.41) is 2.68. The molecule has 3 aromatic rings. The number of aryl methyl sites for hydroxylation is 1. The van der Waals surface area contributed by atoms with Crippen LogP contribution in [-0.2, 0) is 21.9 Å². The number of rotatable bonds is 6. The van der Waals surface area contributed by atoms with E-state index >= 15 is 0 Å². The van der Waals surface area contributed by atoms with Crippen molar-refractivity contribution in [3.05, 3.63) is 52.1 Å². The third-order valence-corrected chi connectivity index (χ3v) is 6.24. The van der Waals surface area contributed by atoms with Gasteiger partial charge in [0.15, 0.2) is 0 Å². The maximum Gasteiger partial charge on any atom is 0.307 e. The minimum atomic E-state index is -3.69. The molecule has 0 spiro atoms. The van der Waals surface area contributed by atoms with E-state index in [1.807, 2.05) is 0 Å². The van der Waals surface area contributed by atoms with Crippen molar-refractivity contribution in [2.75, 3.05) is 29.5 Å². The largest absolute Gasteiger partial charge is 0.497 e. The molecule has 3 rings (SSSR count). The molecule has 2 aromatic carbocycles. The van der Waals surface area contributed by atoms with Gasteiger partial charge in [0.05, 0.1) is 29.3 Å². The van der Waals surface area contributed by atoms with E-state index in [9.17, 15) is 18.0 Å². The topological polar surface area (TPSA) is 97.7 Å². The Morgan fingerprint density at radius 2 is 2.00 bits per heavy atom. The van der Waals surface area contributed by atoms with Gasteiger partial charge in [-0.15, -0.1) is 0 Å². The first-order chi connectivity index (χ1) is 13.2. The van der Waals surface area contributed by atoms with Crippen LogP contribution in [0.5, 0.6) is 5.75 Å². The molecule has 0 fully saturated rings. The molecule has 0 atom stereocenters. The average molecular weight is 422 g/mol. The predicted molar refractivity (Wildman–Crippen MR) is 111 cm³/mol. The average Bonchev–Trinajstić information content (AvgIpc) is 2.92. The third kappa shape index (κ3) is 4.18. The lowest BCUT2D eigenvalue weighted by Gasteiger charge is -2.22. The van der Waals surface area contributed by atoms with Gasteiger partial charge in [-0.05, 0) is 30.3 Å². The fourth-order valence-electron chi connectivity index (χ4n) is 2.71. The molecule has 1 amide bonds. The molecule has 8 nitrogen and oxygen atoms in total. The van der Waals surface area contributed by atoms with Crippen LogP contribution in [0.1, 0.15) is 0 Å². The molecule has 28 heavy (non-hydrogen) atoms. The molecule has 0 aliphatic carbocycles. The second-order valence-electron chi connectivity index (χ2n) is 6.13. The Morgan fingerprint density at radius 1 is 1.25 bits per heavy atom. The van der Waals surface area contributed by atoms with Crippen molar-refractivity contribution >= 4 is 48.9 Å². The maximum atomic E-state index is 12.5. The number of hydrogen-bond donors (Lipinski definition) is 1. The molecule has 0 unspecified atom stereocenters. The molecular formula is C18H19N3O5S2. The highest BCUT2D eigenvalue weighted by Crippen LogP contribution is 2.24. The van der Waals surface area contributed by atoms with Gasteiger partial charge in [-0.25, -0.2) is 8.42 Å². The lowest BCUT2D eigenvalue weighted by atomic mass is 10.3. The smallest absolute Gasteiger partial charge is 0.307 e. The SMILES string of the molecule is COc1cccc(N(CC(=O)Nc2ccc3c(c2)sc(=O)n3C)S(C)(=O)=O)c1. The van der Waals surface area contributed by atoms with Gasteiger partial charge in [-0.1, -0.05) is 17.4 Å². The second kappa shape index (κ2) is 7.64. The van der Waals surface area contributed by atoms with Crippen LogP contribution in [0.2, 0.25) is 0 Å². The number of carbonyl (C=O) groups excluding carboxylic acids is 1. The lowest BCUT2D eigenvalue weighted by molar-refractivity contribution is -0.114. The van der Waals surface area contributed by atoms with E-state index in [4.69, 9.17) is 4.74 Å². The van der Waals surface area contributed by atoms with Gasteiger partial charge in [0.2, 0.25) is 15.9 Å². The summed E-state index contributed by atoms with van der Waals surface area (Å²) in [6.07, 6.45) is 1.03. The van der Waals surface area contributed by atoms with Gasteiger partial charge in [0, 0.05) is 18.8 Å². The van der Waals surface area contributed by atoms with Crippen LogP contribution in [0.15, 0.2) is 47.3 Å². The normalized spacial score (nSPS) is 11.4. The standard InChI is InChI=1S/C18H19N3O5S2/c1-20-15-8-7-12(9-16(15)27-18(20)23)19-17(22)11-21(28(3,24)25)13-5-4-6-14(10-13)26-2/h4-10H,11H2,1-3H3,(H,19,22). The summed E-state index contributed by atoms with van der Waals surface area (Å²) in [5.41, 5.74) is 1.58. The highest BCUT2D eigenvalue weighted by Gasteiger charge is 2.21. The molecule has 1 N–H and O–H groups in total. The number of anilines is 2. The van der Waals surface area contributed by atoms with Crippen molar-refractivity contribution in [1.82, 2.24) is 4.57 Å². The zero-order valence-electron chi connectivity index (χ0n) is 15.5. The Bertz CT molecular complexity index is 1200. The summed E-state index contributed by atoms with van der Waals surface area (Å²) in [4.78, 5) is 24.1. The maximum absolute atomic E-state index is 12.5. The summed E-state index contributed by atoms with van der Waals surface area (Å²) in [6.45, 7) is -0.394. The van der Waals surface area contributed by atoms with E-state index in [2.05, 4.69) is 5.32 Å². The molecule has 0 aliphatic heterocycles. The molecule has 0 radical (unpaired) electrons.